The van der Waals surface area contributed by atoms with Gasteiger partial charge in [-0.2, -0.15) is 0 Å². The second-order valence-corrected chi connectivity index (χ2v) is 9.24. The Balaban J connectivity index is 0.00000512. The molecule has 7 nitrogen and oxygen atoms in total. The van der Waals surface area contributed by atoms with Crippen molar-refractivity contribution >= 4 is 40.0 Å². The third kappa shape index (κ3) is 11.7. The molecule has 0 unspecified atom stereocenters. The molecule has 0 spiro atoms. The monoisotopic (exact) mass is 574 g/mol. The minimum absolute atomic E-state index is 0. The largest absolute Gasteiger partial charge is 0.494 e. The number of aliphatic imine (C=N–C) groups is 1. The van der Waals surface area contributed by atoms with Gasteiger partial charge in [0.25, 0.3) is 0 Å². The van der Waals surface area contributed by atoms with Gasteiger partial charge < -0.3 is 15.4 Å². The third-order valence-electron chi connectivity index (χ3n) is 4.18. The van der Waals surface area contributed by atoms with Crippen LogP contribution in [0, 0.1) is 0 Å². The Morgan fingerprint density at radius 1 is 1.00 bits per heavy atom. The molecule has 0 aliphatic rings. The van der Waals surface area contributed by atoms with E-state index in [1.54, 1.807) is 0 Å². The summed E-state index contributed by atoms with van der Waals surface area (Å²) < 4.78 is 32.4. The van der Waals surface area contributed by atoms with Crippen molar-refractivity contribution < 1.29 is 13.2 Å². The molecule has 2 rings (SSSR count). The molecule has 0 aromatic heterocycles. The molecule has 0 aliphatic carbocycles. The van der Waals surface area contributed by atoms with E-state index >= 15 is 0 Å². The summed E-state index contributed by atoms with van der Waals surface area (Å²) >= 11 is 0. The van der Waals surface area contributed by atoms with E-state index < -0.39 is 10.0 Å². The maximum absolute atomic E-state index is 12.1. The maximum atomic E-state index is 12.1. The average Bonchev–Trinajstić information content (AvgIpc) is 2.72. The van der Waals surface area contributed by atoms with E-state index in [1.165, 1.54) is 0 Å². The Bertz CT molecular complexity index is 905. The lowest BCUT2D eigenvalue weighted by Crippen LogP contribution is -2.38. The first kappa shape index (κ1) is 28.2. The molecule has 0 saturated heterocycles. The molecule has 32 heavy (non-hydrogen) atoms. The molecule has 0 saturated carbocycles. The van der Waals surface area contributed by atoms with Gasteiger partial charge in [0.15, 0.2) is 5.96 Å². The fraction of sp³-hybridized carbons (Fsp3) is 0.435. The summed E-state index contributed by atoms with van der Waals surface area (Å²) in [4.78, 5) is 4.61. The summed E-state index contributed by atoms with van der Waals surface area (Å²) in [6, 6.07) is 17.2. The zero-order chi connectivity index (χ0) is 22.5. The van der Waals surface area contributed by atoms with Gasteiger partial charge in [-0.25, -0.2) is 18.1 Å². The SMILES string of the molecule is CCNC(=NCc1ccc(CS(=O)(=O)NC(C)C)cc1)NCCCOc1ccccc1.I. The standard InChI is InChI=1S/C23H34N4O3S.HI/c1-4-24-23(25-15-8-16-30-22-9-6-5-7-10-22)26-17-20-11-13-21(14-12-20)18-31(28,29)27-19(2)3;/h5-7,9-14,19,27H,4,8,15-18H2,1-3H3,(H2,24,25,26);1H. The minimum atomic E-state index is -3.32. The van der Waals surface area contributed by atoms with Gasteiger partial charge in [0.05, 0.1) is 18.9 Å². The number of halogens is 1. The zero-order valence-electron chi connectivity index (χ0n) is 19.0. The van der Waals surface area contributed by atoms with E-state index in [2.05, 4.69) is 20.3 Å². The predicted octanol–water partition coefficient (Wildman–Crippen LogP) is 3.66. The maximum Gasteiger partial charge on any atom is 0.216 e. The van der Waals surface area contributed by atoms with Crippen molar-refractivity contribution in [3.05, 3.63) is 65.7 Å². The molecule has 0 atom stereocenters. The molecule has 2 aromatic carbocycles. The van der Waals surface area contributed by atoms with Gasteiger partial charge >= 0.3 is 0 Å². The number of sulfonamides is 1. The normalized spacial score (nSPS) is 11.7. The van der Waals surface area contributed by atoms with Crippen molar-refractivity contribution in [1.82, 2.24) is 15.4 Å². The first-order chi connectivity index (χ1) is 14.9. The van der Waals surface area contributed by atoms with Gasteiger partial charge in [0.2, 0.25) is 10.0 Å². The number of nitrogens with zero attached hydrogens (tertiary/aromatic N) is 1. The van der Waals surface area contributed by atoms with Gasteiger partial charge in [-0.3, -0.25) is 0 Å². The van der Waals surface area contributed by atoms with Crippen LogP contribution in [0.4, 0.5) is 0 Å². The van der Waals surface area contributed by atoms with Crippen LogP contribution < -0.4 is 20.1 Å². The molecule has 9 heteroatoms. The first-order valence-corrected chi connectivity index (χ1v) is 12.3. The predicted molar refractivity (Wildman–Crippen MR) is 142 cm³/mol. The Kier molecular flexibility index (Phi) is 13.3. The van der Waals surface area contributed by atoms with E-state index in [9.17, 15) is 8.42 Å². The molecule has 0 fully saturated rings. The second-order valence-electron chi connectivity index (χ2n) is 7.49. The topological polar surface area (TPSA) is 91.8 Å². The molecule has 0 bridgehead atoms. The highest BCUT2D eigenvalue weighted by Gasteiger charge is 2.12. The van der Waals surface area contributed by atoms with Crippen molar-refractivity contribution in [2.45, 2.75) is 45.5 Å². The van der Waals surface area contributed by atoms with Crippen LogP contribution in [0.1, 0.15) is 38.3 Å². The molecular weight excluding hydrogens is 539 g/mol. The van der Waals surface area contributed by atoms with Gasteiger partial charge in [-0.1, -0.05) is 42.5 Å². The number of nitrogens with one attached hydrogen (secondary N) is 3. The molecule has 0 radical (unpaired) electrons. The lowest BCUT2D eigenvalue weighted by molar-refractivity contribution is 0.311. The number of hydrogen-bond acceptors (Lipinski definition) is 4. The van der Waals surface area contributed by atoms with Crippen LogP contribution in [0.5, 0.6) is 5.75 Å². The Labute approximate surface area is 209 Å². The fourth-order valence-electron chi connectivity index (χ4n) is 2.86. The van der Waals surface area contributed by atoms with Crippen LogP contribution in [0.15, 0.2) is 59.6 Å². The molecular formula is C23H35IN4O3S. The zero-order valence-corrected chi connectivity index (χ0v) is 22.2. The van der Waals surface area contributed by atoms with Gasteiger partial charge in [-0.15, -0.1) is 24.0 Å². The summed E-state index contributed by atoms with van der Waals surface area (Å²) in [5.74, 6) is 1.60. The number of ether oxygens (including phenoxy) is 1. The summed E-state index contributed by atoms with van der Waals surface area (Å²) in [5.41, 5.74) is 1.77. The number of guanidine groups is 1. The fourth-order valence-corrected chi connectivity index (χ4v) is 4.29. The minimum Gasteiger partial charge on any atom is -0.494 e. The molecule has 0 amide bonds. The van der Waals surface area contributed by atoms with Crippen molar-refractivity contribution in [1.29, 1.82) is 0 Å². The summed E-state index contributed by atoms with van der Waals surface area (Å²) in [7, 11) is -3.32. The number of rotatable bonds is 12. The second kappa shape index (κ2) is 15.1. The molecule has 0 aliphatic heterocycles. The van der Waals surface area contributed by atoms with Crippen molar-refractivity contribution in [2.24, 2.45) is 4.99 Å². The lowest BCUT2D eigenvalue weighted by Gasteiger charge is -2.12. The number of benzene rings is 2. The van der Waals surface area contributed by atoms with E-state index in [-0.39, 0.29) is 35.8 Å². The van der Waals surface area contributed by atoms with Crippen molar-refractivity contribution in [2.75, 3.05) is 19.7 Å². The van der Waals surface area contributed by atoms with E-state index in [1.807, 2.05) is 75.4 Å². The molecule has 0 heterocycles. The molecule has 2 aromatic rings. The van der Waals surface area contributed by atoms with Gasteiger partial charge in [0, 0.05) is 19.1 Å². The van der Waals surface area contributed by atoms with Crippen LogP contribution in [0.25, 0.3) is 0 Å². The lowest BCUT2D eigenvalue weighted by atomic mass is 10.1. The van der Waals surface area contributed by atoms with Crippen LogP contribution >= 0.6 is 24.0 Å². The number of para-hydroxylation sites is 1. The quantitative estimate of drug-likeness (QED) is 0.156. The Morgan fingerprint density at radius 2 is 1.66 bits per heavy atom. The third-order valence-corrected chi connectivity index (χ3v) is 5.73. The van der Waals surface area contributed by atoms with E-state index in [0.29, 0.717) is 13.2 Å². The van der Waals surface area contributed by atoms with Crippen molar-refractivity contribution in [3.8, 4) is 5.75 Å². The molecule has 3 N–H and O–H groups in total. The Morgan fingerprint density at radius 3 is 2.28 bits per heavy atom. The summed E-state index contributed by atoms with van der Waals surface area (Å²) in [5, 5.41) is 6.54. The van der Waals surface area contributed by atoms with Crippen molar-refractivity contribution in [3.63, 3.8) is 0 Å². The van der Waals surface area contributed by atoms with Crippen LogP contribution in [0.3, 0.4) is 0 Å². The summed E-state index contributed by atoms with van der Waals surface area (Å²) in [6.07, 6.45) is 0.854. The van der Waals surface area contributed by atoms with E-state index in [4.69, 9.17) is 4.74 Å². The van der Waals surface area contributed by atoms with Gasteiger partial charge in [-0.05, 0) is 50.5 Å². The smallest absolute Gasteiger partial charge is 0.216 e. The van der Waals surface area contributed by atoms with Crippen LogP contribution in [-0.2, 0) is 22.3 Å². The van der Waals surface area contributed by atoms with E-state index in [0.717, 1.165) is 42.3 Å². The molecule has 178 valence electrons. The van der Waals surface area contributed by atoms with Gasteiger partial charge in [0.1, 0.15) is 5.75 Å². The highest BCUT2D eigenvalue weighted by Crippen LogP contribution is 2.10. The van der Waals surface area contributed by atoms with Crippen LogP contribution in [-0.4, -0.2) is 40.1 Å². The summed E-state index contributed by atoms with van der Waals surface area (Å²) in [6.45, 7) is 8.30. The number of hydrogen-bond donors (Lipinski definition) is 3. The Hall–Kier alpha value is -1.85. The van der Waals surface area contributed by atoms with Crippen LogP contribution in [0.2, 0.25) is 0 Å². The average molecular weight is 575 g/mol. The highest BCUT2D eigenvalue weighted by atomic mass is 127. The first-order valence-electron chi connectivity index (χ1n) is 10.7. The highest BCUT2D eigenvalue weighted by molar-refractivity contribution is 14.0.